The van der Waals surface area contributed by atoms with E-state index in [1.54, 1.807) is 22.8 Å². The van der Waals surface area contributed by atoms with Crippen LogP contribution in [0.15, 0.2) is 6.20 Å². The molecule has 7 heteroatoms. The van der Waals surface area contributed by atoms with E-state index in [-0.39, 0.29) is 11.8 Å². The van der Waals surface area contributed by atoms with E-state index in [0.717, 1.165) is 37.8 Å². The van der Waals surface area contributed by atoms with Crippen molar-refractivity contribution in [2.24, 2.45) is 7.05 Å². The largest absolute Gasteiger partial charge is 0.342 e. The second-order valence-corrected chi connectivity index (χ2v) is 6.05. The van der Waals surface area contributed by atoms with Crippen LogP contribution in [0, 0.1) is 0 Å². The zero-order valence-corrected chi connectivity index (χ0v) is 12.3. The molecule has 2 amide bonds. The van der Waals surface area contributed by atoms with Crippen LogP contribution in [0.5, 0.6) is 0 Å². The van der Waals surface area contributed by atoms with Crippen molar-refractivity contribution in [1.82, 2.24) is 25.2 Å². The minimum absolute atomic E-state index is 0.0214. The minimum atomic E-state index is -0.686. The molecule has 21 heavy (non-hydrogen) atoms. The quantitative estimate of drug-likeness (QED) is 0.853. The number of carbonyl (C=O) groups is 2. The maximum atomic E-state index is 12.9. The van der Waals surface area contributed by atoms with Crippen LogP contribution in [-0.4, -0.2) is 43.8 Å². The van der Waals surface area contributed by atoms with Crippen molar-refractivity contribution in [2.45, 2.75) is 50.6 Å². The predicted molar refractivity (Wildman–Crippen MR) is 75.0 cm³/mol. The van der Waals surface area contributed by atoms with Crippen LogP contribution in [0.3, 0.4) is 0 Å². The van der Waals surface area contributed by atoms with Gasteiger partial charge in [-0.25, -0.2) is 0 Å². The second-order valence-electron chi connectivity index (χ2n) is 6.05. The van der Waals surface area contributed by atoms with E-state index < -0.39 is 5.54 Å². The van der Waals surface area contributed by atoms with E-state index in [2.05, 4.69) is 15.6 Å². The van der Waals surface area contributed by atoms with Crippen molar-refractivity contribution in [1.29, 1.82) is 0 Å². The van der Waals surface area contributed by atoms with E-state index in [1.807, 2.05) is 0 Å². The maximum Gasteiger partial charge on any atom is 0.248 e. The highest BCUT2D eigenvalue weighted by Gasteiger charge is 2.45. The molecule has 0 bridgehead atoms. The molecule has 3 rings (SSSR count). The van der Waals surface area contributed by atoms with Crippen LogP contribution in [-0.2, 0) is 23.2 Å². The molecule has 1 aliphatic heterocycles. The van der Waals surface area contributed by atoms with Gasteiger partial charge in [0.25, 0.3) is 0 Å². The summed E-state index contributed by atoms with van der Waals surface area (Å²) in [6, 6.07) is 0. The average Bonchev–Trinajstić information content (AvgIpc) is 2.84. The molecular weight excluding hydrogens is 270 g/mol. The molecule has 2 fully saturated rings. The first kappa shape index (κ1) is 14.0. The van der Waals surface area contributed by atoms with Gasteiger partial charge in [0, 0.05) is 26.2 Å². The monoisotopic (exact) mass is 291 g/mol. The second kappa shape index (κ2) is 5.46. The molecule has 1 aliphatic carbocycles. The summed E-state index contributed by atoms with van der Waals surface area (Å²) in [6.45, 7) is 0.867. The third-order valence-corrected chi connectivity index (χ3v) is 4.39. The fourth-order valence-corrected chi connectivity index (χ4v) is 3.33. The summed E-state index contributed by atoms with van der Waals surface area (Å²) >= 11 is 0. The van der Waals surface area contributed by atoms with Gasteiger partial charge in [-0.1, -0.05) is 24.5 Å². The Morgan fingerprint density at radius 1 is 1.29 bits per heavy atom. The molecule has 0 unspecified atom stereocenters. The minimum Gasteiger partial charge on any atom is -0.342 e. The number of nitrogens with one attached hydrogen (secondary N) is 1. The number of aromatic nitrogens is 3. The SMILES string of the molecule is Cn1cc(CN2CCC(=O)NC3(CCCCC3)C2=O)nn1. The molecule has 2 aliphatic rings. The summed E-state index contributed by atoms with van der Waals surface area (Å²) in [7, 11) is 1.80. The van der Waals surface area contributed by atoms with Crippen LogP contribution in [0.4, 0.5) is 0 Å². The molecule has 1 saturated carbocycles. The van der Waals surface area contributed by atoms with Gasteiger partial charge in [0.2, 0.25) is 11.8 Å². The number of aryl methyl sites for hydroxylation is 1. The highest BCUT2D eigenvalue weighted by atomic mass is 16.2. The van der Waals surface area contributed by atoms with Crippen LogP contribution >= 0.6 is 0 Å². The highest BCUT2D eigenvalue weighted by molar-refractivity contribution is 5.93. The number of carbonyl (C=O) groups excluding carboxylic acids is 2. The Balaban J connectivity index is 1.82. The van der Waals surface area contributed by atoms with E-state index in [4.69, 9.17) is 0 Å². The van der Waals surface area contributed by atoms with Gasteiger partial charge in [-0.3, -0.25) is 14.3 Å². The molecule has 114 valence electrons. The Morgan fingerprint density at radius 2 is 2.05 bits per heavy atom. The molecule has 0 radical (unpaired) electrons. The molecule has 0 atom stereocenters. The molecule has 1 saturated heterocycles. The number of hydrogen-bond donors (Lipinski definition) is 1. The number of nitrogens with zero attached hydrogens (tertiary/aromatic N) is 4. The fourth-order valence-electron chi connectivity index (χ4n) is 3.33. The number of rotatable bonds is 2. The van der Waals surface area contributed by atoms with Crippen LogP contribution < -0.4 is 5.32 Å². The third-order valence-electron chi connectivity index (χ3n) is 4.39. The predicted octanol–water partition coefficient (Wildman–Crippen LogP) is 0.366. The molecule has 1 aromatic heterocycles. The first-order valence-electron chi connectivity index (χ1n) is 7.55. The van der Waals surface area contributed by atoms with Gasteiger partial charge in [0.15, 0.2) is 0 Å². The molecule has 2 heterocycles. The zero-order valence-electron chi connectivity index (χ0n) is 12.3. The van der Waals surface area contributed by atoms with E-state index in [0.29, 0.717) is 19.5 Å². The first-order valence-corrected chi connectivity index (χ1v) is 7.55. The van der Waals surface area contributed by atoms with Gasteiger partial charge in [0.05, 0.1) is 6.54 Å². The Bertz CT molecular complexity index is 547. The summed E-state index contributed by atoms with van der Waals surface area (Å²) in [5.74, 6) is 0.0191. The summed E-state index contributed by atoms with van der Waals surface area (Å²) in [5, 5.41) is 10.9. The average molecular weight is 291 g/mol. The van der Waals surface area contributed by atoms with Gasteiger partial charge in [0.1, 0.15) is 11.2 Å². The standard InChI is InChI=1S/C14H21N5O2/c1-18-9-11(16-17-18)10-19-8-5-12(20)15-14(13(19)21)6-3-2-4-7-14/h9H,2-8,10H2,1H3,(H,15,20). The summed E-state index contributed by atoms with van der Waals surface area (Å²) in [5.41, 5.74) is 0.0692. The molecule has 7 nitrogen and oxygen atoms in total. The van der Waals surface area contributed by atoms with Crippen LogP contribution in [0.1, 0.15) is 44.2 Å². The van der Waals surface area contributed by atoms with Crippen LogP contribution in [0.2, 0.25) is 0 Å². The van der Waals surface area contributed by atoms with Crippen molar-refractivity contribution in [2.75, 3.05) is 6.54 Å². The highest BCUT2D eigenvalue weighted by Crippen LogP contribution is 2.32. The molecule has 1 N–H and O–H groups in total. The first-order chi connectivity index (χ1) is 10.1. The lowest BCUT2D eigenvalue weighted by molar-refractivity contribution is -0.140. The van der Waals surface area contributed by atoms with E-state index in [1.165, 1.54) is 0 Å². The van der Waals surface area contributed by atoms with Gasteiger partial charge >= 0.3 is 0 Å². The van der Waals surface area contributed by atoms with E-state index in [9.17, 15) is 9.59 Å². The Hall–Kier alpha value is -1.92. The molecule has 1 spiro atoms. The van der Waals surface area contributed by atoms with Gasteiger partial charge in [-0.2, -0.15) is 0 Å². The molecular formula is C14H21N5O2. The Morgan fingerprint density at radius 3 is 2.71 bits per heavy atom. The van der Waals surface area contributed by atoms with Crippen molar-refractivity contribution >= 4 is 11.8 Å². The molecule has 1 aromatic rings. The summed E-state index contributed by atoms with van der Waals surface area (Å²) < 4.78 is 1.62. The van der Waals surface area contributed by atoms with Crippen molar-refractivity contribution < 1.29 is 9.59 Å². The van der Waals surface area contributed by atoms with E-state index >= 15 is 0 Å². The topological polar surface area (TPSA) is 80.1 Å². The Kier molecular flexibility index (Phi) is 3.65. The lowest BCUT2D eigenvalue weighted by atomic mass is 9.80. The fraction of sp³-hybridized carbons (Fsp3) is 0.714. The summed E-state index contributed by atoms with van der Waals surface area (Å²) in [6.07, 6.45) is 6.77. The van der Waals surface area contributed by atoms with Gasteiger partial charge in [-0.05, 0) is 12.8 Å². The number of amides is 2. The summed E-state index contributed by atoms with van der Waals surface area (Å²) in [4.78, 5) is 26.7. The van der Waals surface area contributed by atoms with Crippen molar-refractivity contribution in [3.8, 4) is 0 Å². The maximum absolute atomic E-state index is 12.9. The lowest BCUT2D eigenvalue weighted by Gasteiger charge is -2.37. The lowest BCUT2D eigenvalue weighted by Crippen LogP contribution is -2.58. The Labute approximate surface area is 123 Å². The normalized spacial score (nSPS) is 22.2. The van der Waals surface area contributed by atoms with Crippen LogP contribution in [0.25, 0.3) is 0 Å². The third kappa shape index (κ3) is 2.77. The van der Waals surface area contributed by atoms with Gasteiger partial charge < -0.3 is 10.2 Å². The van der Waals surface area contributed by atoms with Crippen molar-refractivity contribution in [3.63, 3.8) is 0 Å². The number of hydrogen-bond acceptors (Lipinski definition) is 4. The smallest absolute Gasteiger partial charge is 0.248 e. The van der Waals surface area contributed by atoms with Gasteiger partial charge in [-0.15, -0.1) is 5.10 Å². The zero-order chi connectivity index (χ0) is 14.9. The van der Waals surface area contributed by atoms with Crippen molar-refractivity contribution in [3.05, 3.63) is 11.9 Å². The molecule has 0 aromatic carbocycles.